The van der Waals surface area contributed by atoms with Gasteiger partial charge in [0.15, 0.2) is 0 Å². The summed E-state index contributed by atoms with van der Waals surface area (Å²) in [5.41, 5.74) is 7.46. The van der Waals surface area contributed by atoms with Crippen LogP contribution in [0.25, 0.3) is 0 Å². The minimum atomic E-state index is -1.39. The van der Waals surface area contributed by atoms with Gasteiger partial charge in [0, 0.05) is 21.5 Å². The van der Waals surface area contributed by atoms with Crippen LogP contribution in [0.4, 0.5) is 0 Å². The highest BCUT2D eigenvalue weighted by molar-refractivity contribution is 9.10. The molecule has 122 valence electrons. The third kappa shape index (κ3) is 3.51. The normalized spacial score (nSPS) is 14.2. The third-order valence-corrected chi connectivity index (χ3v) is 4.75. The Morgan fingerprint density at radius 2 is 1.42 bits per heavy atom. The fraction of sp³-hybridized carbons (Fsp3) is 0.222. The van der Waals surface area contributed by atoms with E-state index in [2.05, 4.69) is 51.0 Å². The van der Waals surface area contributed by atoms with Crippen molar-refractivity contribution in [1.82, 2.24) is 0 Å². The van der Waals surface area contributed by atoms with Crippen molar-refractivity contribution in [3.63, 3.8) is 0 Å². The van der Waals surface area contributed by atoms with E-state index in [-0.39, 0.29) is 0 Å². The van der Waals surface area contributed by atoms with Gasteiger partial charge < -0.3 is 10.0 Å². The van der Waals surface area contributed by atoms with Crippen molar-refractivity contribution in [3.8, 4) is 0 Å². The molecule has 2 aromatic rings. The van der Waals surface area contributed by atoms with Crippen molar-refractivity contribution < 1.29 is 10.0 Å². The van der Waals surface area contributed by atoms with Gasteiger partial charge in [0.05, 0.1) is 13.1 Å². The topological polar surface area (TPSA) is 65.2 Å². The number of hydrogen-bond donors (Lipinski definition) is 2. The van der Waals surface area contributed by atoms with Gasteiger partial charge in [0.1, 0.15) is 0 Å². The van der Waals surface area contributed by atoms with Crippen LogP contribution in [0.3, 0.4) is 0 Å². The van der Waals surface area contributed by atoms with Gasteiger partial charge in [-0.15, -0.1) is 0 Å². The number of halogens is 1. The first kappa shape index (κ1) is 17.1. The molecule has 0 atom stereocenters. The number of aliphatic imine (C=N–C) groups is 2. The predicted molar refractivity (Wildman–Crippen MR) is 102 cm³/mol. The quantitative estimate of drug-likeness (QED) is 0.741. The second-order valence-corrected chi connectivity index (χ2v) is 6.81. The van der Waals surface area contributed by atoms with Gasteiger partial charge in [-0.3, -0.25) is 9.98 Å². The van der Waals surface area contributed by atoms with Crippen LogP contribution < -0.4 is 5.46 Å². The van der Waals surface area contributed by atoms with Gasteiger partial charge in [0.2, 0.25) is 0 Å². The minimum absolute atomic E-state index is 0.523. The maximum Gasteiger partial charge on any atom is 0.488 e. The average Bonchev–Trinajstić information content (AvgIpc) is 3.11. The standard InChI is InChI=1S/C9H10BNO2.C9H8BrN/c1-6-9-4-8(10(12)13)3-2-7(9)5-11-6;1-6-9-4-8(10)3-2-7(9)5-11-6/h2-4,12-13H,5H2,1H3;2-4H,5H2,1H3. The molecule has 6 heteroatoms. The first-order valence-corrected chi connectivity index (χ1v) is 8.55. The van der Waals surface area contributed by atoms with Crippen LogP contribution in [-0.2, 0) is 13.1 Å². The van der Waals surface area contributed by atoms with Crippen molar-refractivity contribution in [2.24, 2.45) is 9.98 Å². The van der Waals surface area contributed by atoms with E-state index >= 15 is 0 Å². The van der Waals surface area contributed by atoms with E-state index in [0.717, 1.165) is 33.6 Å². The molecule has 2 N–H and O–H groups in total. The second-order valence-electron chi connectivity index (χ2n) is 5.89. The maximum absolute atomic E-state index is 8.96. The molecule has 0 unspecified atom stereocenters. The van der Waals surface area contributed by atoms with Crippen LogP contribution in [0.2, 0.25) is 0 Å². The number of rotatable bonds is 1. The van der Waals surface area contributed by atoms with Crippen LogP contribution >= 0.6 is 15.9 Å². The molecule has 0 radical (unpaired) electrons. The van der Waals surface area contributed by atoms with Crippen molar-refractivity contribution >= 4 is 39.9 Å². The summed E-state index contributed by atoms with van der Waals surface area (Å²) in [5, 5.41) is 17.9. The molecule has 0 aliphatic carbocycles. The molecule has 0 aromatic heterocycles. The SMILES string of the molecule is CC1=NCc2ccc(B(O)O)cc21.CC1=NCc2ccc(Br)cc21. The van der Waals surface area contributed by atoms with Gasteiger partial charge in [-0.05, 0) is 48.1 Å². The van der Waals surface area contributed by atoms with Crippen molar-refractivity contribution in [1.29, 1.82) is 0 Å². The van der Waals surface area contributed by atoms with E-state index in [9.17, 15) is 0 Å². The molecular weight excluding hydrogens is 367 g/mol. The monoisotopic (exact) mass is 384 g/mol. The summed E-state index contributed by atoms with van der Waals surface area (Å²) in [4.78, 5) is 8.60. The largest absolute Gasteiger partial charge is 0.488 e. The van der Waals surface area contributed by atoms with Crippen LogP contribution in [0.15, 0.2) is 50.9 Å². The molecule has 0 fully saturated rings. The summed E-state index contributed by atoms with van der Waals surface area (Å²) in [6.45, 7) is 5.55. The Hall–Kier alpha value is -1.76. The lowest BCUT2D eigenvalue weighted by atomic mass is 9.79. The van der Waals surface area contributed by atoms with Crippen molar-refractivity contribution in [2.45, 2.75) is 26.9 Å². The first-order valence-electron chi connectivity index (χ1n) is 7.76. The molecule has 0 saturated carbocycles. The van der Waals surface area contributed by atoms with Crippen molar-refractivity contribution in [3.05, 3.63) is 63.1 Å². The molecular formula is C18H18BBrN2O2. The first-order chi connectivity index (χ1) is 11.5. The van der Waals surface area contributed by atoms with Gasteiger partial charge in [0.25, 0.3) is 0 Å². The molecule has 0 bridgehead atoms. The average molecular weight is 385 g/mol. The summed E-state index contributed by atoms with van der Waals surface area (Å²) in [5.74, 6) is 0. The van der Waals surface area contributed by atoms with Gasteiger partial charge in [-0.1, -0.05) is 40.2 Å². The lowest BCUT2D eigenvalue weighted by Crippen LogP contribution is -2.30. The van der Waals surface area contributed by atoms with Gasteiger partial charge >= 0.3 is 7.12 Å². The fourth-order valence-corrected chi connectivity index (χ4v) is 3.19. The van der Waals surface area contributed by atoms with E-state index in [0.29, 0.717) is 12.0 Å². The van der Waals surface area contributed by atoms with Crippen LogP contribution in [0.5, 0.6) is 0 Å². The Kier molecular flexibility index (Phi) is 4.99. The number of fused-ring (bicyclic) bond motifs is 2. The summed E-state index contributed by atoms with van der Waals surface area (Å²) >= 11 is 3.44. The Labute approximate surface area is 150 Å². The maximum atomic E-state index is 8.96. The number of benzene rings is 2. The molecule has 2 aliphatic heterocycles. The Bertz CT molecular complexity index is 847. The third-order valence-electron chi connectivity index (χ3n) is 4.26. The predicted octanol–water partition coefficient (Wildman–Crippen LogP) is 2.46. The van der Waals surface area contributed by atoms with Crippen LogP contribution in [0.1, 0.15) is 36.1 Å². The van der Waals surface area contributed by atoms with E-state index in [1.807, 2.05) is 13.0 Å². The summed E-state index contributed by atoms with van der Waals surface area (Å²) < 4.78 is 1.13. The van der Waals surface area contributed by atoms with E-state index in [1.54, 1.807) is 12.1 Å². The van der Waals surface area contributed by atoms with Gasteiger partial charge in [-0.2, -0.15) is 0 Å². The van der Waals surface area contributed by atoms with Gasteiger partial charge in [-0.25, -0.2) is 0 Å². The van der Waals surface area contributed by atoms with E-state index in [4.69, 9.17) is 10.0 Å². The molecule has 2 aromatic carbocycles. The Balaban J connectivity index is 0.000000143. The molecule has 0 amide bonds. The summed E-state index contributed by atoms with van der Waals surface area (Å²) in [7, 11) is -1.39. The molecule has 24 heavy (non-hydrogen) atoms. The molecule has 4 rings (SSSR count). The molecule has 2 heterocycles. The Morgan fingerprint density at radius 3 is 2.00 bits per heavy atom. The number of hydrogen-bond acceptors (Lipinski definition) is 4. The highest BCUT2D eigenvalue weighted by Gasteiger charge is 2.17. The second kappa shape index (κ2) is 7.01. The highest BCUT2D eigenvalue weighted by atomic mass is 79.9. The summed E-state index contributed by atoms with van der Waals surface area (Å²) in [6, 6.07) is 11.7. The lowest BCUT2D eigenvalue weighted by molar-refractivity contribution is 0.426. The lowest BCUT2D eigenvalue weighted by Gasteiger charge is -2.03. The molecule has 2 aliphatic rings. The number of nitrogens with zero attached hydrogens (tertiary/aromatic N) is 2. The van der Waals surface area contributed by atoms with Crippen LogP contribution in [0, 0.1) is 0 Å². The zero-order valence-corrected chi connectivity index (χ0v) is 15.2. The highest BCUT2D eigenvalue weighted by Crippen LogP contribution is 2.22. The summed E-state index contributed by atoms with van der Waals surface area (Å²) in [6.07, 6.45) is 0. The Morgan fingerprint density at radius 1 is 0.875 bits per heavy atom. The molecule has 0 spiro atoms. The van der Waals surface area contributed by atoms with E-state index in [1.165, 1.54) is 11.1 Å². The van der Waals surface area contributed by atoms with Crippen molar-refractivity contribution in [2.75, 3.05) is 0 Å². The fourth-order valence-electron chi connectivity index (χ4n) is 2.83. The molecule has 0 saturated heterocycles. The van der Waals surface area contributed by atoms with E-state index < -0.39 is 7.12 Å². The minimum Gasteiger partial charge on any atom is -0.423 e. The van der Waals surface area contributed by atoms with Crippen LogP contribution in [-0.4, -0.2) is 28.6 Å². The smallest absolute Gasteiger partial charge is 0.423 e. The molecule has 4 nitrogen and oxygen atoms in total. The zero-order chi connectivity index (χ0) is 17.3. The zero-order valence-electron chi connectivity index (χ0n) is 13.6.